The van der Waals surface area contributed by atoms with Crippen LogP contribution in [-0.2, 0) is 17.8 Å². The topological polar surface area (TPSA) is 53.0 Å². The molecule has 0 saturated carbocycles. The normalized spacial score (nSPS) is 20.8. The second kappa shape index (κ2) is 10.3. The van der Waals surface area contributed by atoms with E-state index in [0.29, 0.717) is 26.1 Å². The molecule has 0 aromatic heterocycles. The first kappa shape index (κ1) is 21.8. The van der Waals surface area contributed by atoms with Crippen LogP contribution in [0.1, 0.15) is 54.9 Å². The summed E-state index contributed by atoms with van der Waals surface area (Å²) in [5, 5.41) is 10.8. The molecule has 0 radical (unpaired) electrons. The number of likely N-dealkylation sites (tertiary alicyclic amines) is 1. The van der Waals surface area contributed by atoms with Crippen LogP contribution < -0.4 is 4.74 Å². The van der Waals surface area contributed by atoms with E-state index in [1.165, 1.54) is 12.0 Å². The van der Waals surface area contributed by atoms with Gasteiger partial charge in [0.05, 0.1) is 18.7 Å². The summed E-state index contributed by atoms with van der Waals surface area (Å²) < 4.78 is 5.94. The summed E-state index contributed by atoms with van der Waals surface area (Å²) in [7, 11) is 2.07. The number of likely N-dealkylation sites (N-methyl/N-ethyl adjacent to an activating group) is 1. The van der Waals surface area contributed by atoms with Crippen molar-refractivity contribution in [2.45, 2.75) is 57.2 Å². The van der Waals surface area contributed by atoms with E-state index < -0.39 is 6.10 Å². The summed E-state index contributed by atoms with van der Waals surface area (Å²) >= 11 is 0. The molecule has 2 aliphatic rings. The summed E-state index contributed by atoms with van der Waals surface area (Å²) in [5.74, 6) is 1.03. The highest BCUT2D eigenvalue weighted by atomic mass is 16.5. The Morgan fingerprint density at radius 3 is 2.81 bits per heavy atom. The molecule has 2 aromatic rings. The molecule has 2 aliphatic heterocycles. The van der Waals surface area contributed by atoms with Gasteiger partial charge >= 0.3 is 0 Å². The minimum absolute atomic E-state index is 0.0382. The molecule has 2 aromatic carbocycles. The third kappa shape index (κ3) is 5.46. The number of nitrogens with zero attached hydrogens (tertiary/aromatic N) is 2. The van der Waals surface area contributed by atoms with Gasteiger partial charge < -0.3 is 14.7 Å². The summed E-state index contributed by atoms with van der Waals surface area (Å²) in [6, 6.07) is 16.1. The van der Waals surface area contributed by atoms with E-state index in [4.69, 9.17) is 4.74 Å². The number of hydrogen-bond acceptors (Lipinski definition) is 4. The number of aryl methyl sites for hydroxylation is 1. The molecule has 0 spiro atoms. The van der Waals surface area contributed by atoms with Gasteiger partial charge in [0.25, 0.3) is 0 Å². The van der Waals surface area contributed by atoms with E-state index in [1.54, 1.807) is 0 Å². The number of amides is 1. The fraction of sp³-hybridized carbons (Fsp3) is 0.500. The molecular formula is C26H34N2O3. The Balaban J connectivity index is 1.45. The first-order valence-electron chi connectivity index (χ1n) is 11.6. The first-order chi connectivity index (χ1) is 15.1. The van der Waals surface area contributed by atoms with E-state index in [-0.39, 0.29) is 11.9 Å². The number of aliphatic hydroxyl groups excluding tert-OH is 1. The van der Waals surface area contributed by atoms with Gasteiger partial charge in [-0.15, -0.1) is 0 Å². The number of rotatable bonds is 5. The van der Waals surface area contributed by atoms with E-state index >= 15 is 0 Å². The smallest absolute Gasteiger partial charge is 0.240 e. The molecule has 166 valence electrons. The van der Waals surface area contributed by atoms with Crippen LogP contribution in [0.25, 0.3) is 0 Å². The number of carbonyl (C=O) groups excluding carboxylic acids is 1. The highest BCUT2D eigenvalue weighted by molar-refractivity contribution is 5.82. The molecule has 1 amide bonds. The molecule has 2 unspecified atom stereocenters. The Morgan fingerprint density at radius 1 is 1.13 bits per heavy atom. The van der Waals surface area contributed by atoms with Crippen LogP contribution in [-0.4, -0.2) is 53.6 Å². The van der Waals surface area contributed by atoms with Crippen molar-refractivity contribution in [2.75, 3.05) is 26.7 Å². The Hall–Kier alpha value is -2.37. The van der Waals surface area contributed by atoms with Gasteiger partial charge in [-0.2, -0.15) is 0 Å². The zero-order chi connectivity index (χ0) is 21.6. The van der Waals surface area contributed by atoms with Crippen molar-refractivity contribution in [1.82, 2.24) is 9.80 Å². The summed E-state index contributed by atoms with van der Waals surface area (Å²) in [6.45, 7) is 2.63. The lowest BCUT2D eigenvalue weighted by molar-refractivity contribution is -0.137. The summed E-state index contributed by atoms with van der Waals surface area (Å²) in [6.07, 6.45) is 5.36. The van der Waals surface area contributed by atoms with Crippen LogP contribution in [0.15, 0.2) is 48.5 Å². The van der Waals surface area contributed by atoms with Crippen LogP contribution in [0.2, 0.25) is 0 Å². The quantitative estimate of drug-likeness (QED) is 0.793. The molecule has 2 heterocycles. The SMILES string of the molecule is CN1CCCCCC1C(=O)N1CCOc2ccc(C(O)CCc3ccccc3)cc2C1. The molecule has 5 nitrogen and oxygen atoms in total. The van der Waals surface area contributed by atoms with Crippen molar-refractivity contribution in [3.63, 3.8) is 0 Å². The lowest BCUT2D eigenvalue weighted by Gasteiger charge is -2.30. The van der Waals surface area contributed by atoms with Crippen LogP contribution in [0.4, 0.5) is 0 Å². The summed E-state index contributed by atoms with van der Waals surface area (Å²) in [5.41, 5.74) is 3.10. The number of benzene rings is 2. The van der Waals surface area contributed by atoms with Gasteiger partial charge in [0.1, 0.15) is 12.4 Å². The van der Waals surface area contributed by atoms with Gasteiger partial charge in [-0.3, -0.25) is 9.69 Å². The van der Waals surface area contributed by atoms with Crippen molar-refractivity contribution in [3.8, 4) is 5.75 Å². The van der Waals surface area contributed by atoms with Gasteiger partial charge in [0.2, 0.25) is 5.91 Å². The zero-order valence-corrected chi connectivity index (χ0v) is 18.5. The predicted molar refractivity (Wildman–Crippen MR) is 122 cm³/mol. The number of aliphatic hydroxyl groups is 1. The minimum Gasteiger partial charge on any atom is -0.491 e. The second-order valence-corrected chi connectivity index (χ2v) is 8.86. The van der Waals surface area contributed by atoms with Crippen LogP contribution in [0, 0.1) is 0 Å². The highest BCUT2D eigenvalue weighted by Gasteiger charge is 2.30. The number of fused-ring (bicyclic) bond motifs is 1. The third-order valence-electron chi connectivity index (χ3n) is 6.62. The van der Waals surface area contributed by atoms with E-state index in [1.807, 2.05) is 41.3 Å². The Labute approximate surface area is 185 Å². The number of carbonyl (C=O) groups is 1. The Bertz CT molecular complexity index is 870. The second-order valence-electron chi connectivity index (χ2n) is 8.86. The monoisotopic (exact) mass is 422 g/mol. The van der Waals surface area contributed by atoms with Crippen LogP contribution in [0.5, 0.6) is 5.75 Å². The van der Waals surface area contributed by atoms with E-state index in [9.17, 15) is 9.90 Å². The molecule has 1 N–H and O–H groups in total. The average molecular weight is 423 g/mol. The Kier molecular flexibility index (Phi) is 7.25. The largest absolute Gasteiger partial charge is 0.491 e. The zero-order valence-electron chi connectivity index (χ0n) is 18.5. The van der Waals surface area contributed by atoms with Crippen LogP contribution in [0.3, 0.4) is 0 Å². The molecule has 0 aliphatic carbocycles. The molecule has 1 fully saturated rings. The van der Waals surface area contributed by atoms with E-state index in [0.717, 1.165) is 49.1 Å². The highest BCUT2D eigenvalue weighted by Crippen LogP contribution is 2.29. The first-order valence-corrected chi connectivity index (χ1v) is 11.6. The molecule has 5 heteroatoms. The minimum atomic E-state index is -0.536. The van der Waals surface area contributed by atoms with Crippen molar-refractivity contribution in [2.24, 2.45) is 0 Å². The fourth-order valence-corrected chi connectivity index (χ4v) is 4.70. The molecule has 4 rings (SSSR count). The number of hydrogen-bond donors (Lipinski definition) is 1. The standard InChI is InChI=1S/C26H34N2O3/c1-27-15-7-3-6-10-23(27)26(30)28-16-17-31-25-14-12-21(18-22(25)19-28)24(29)13-11-20-8-4-2-5-9-20/h2,4-5,8-9,12,14,18,23-24,29H,3,6-7,10-11,13,15-17,19H2,1H3. The Morgan fingerprint density at radius 2 is 1.97 bits per heavy atom. The van der Waals surface area contributed by atoms with E-state index in [2.05, 4.69) is 24.1 Å². The van der Waals surface area contributed by atoms with Crippen molar-refractivity contribution in [1.29, 1.82) is 0 Å². The third-order valence-corrected chi connectivity index (χ3v) is 6.62. The van der Waals surface area contributed by atoms with Gasteiger partial charge in [-0.25, -0.2) is 0 Å². The molecule has 0 bridgehead atoms. The van der Waals surface area contributed by atoms with Crippen LogP contribution >= 0.6 is 0 Å². The maximum absolute atomic E-state index is 13.3. The molecular weight excluding hydrogens is 388 g/mol. The summed E-state index contributed by atoms with van der Waals surface area (Å²) in [4.78, 5) is 17.5. The maximum atomic E-state index is 13.3. The molecule has 1 saturated heterocycles. The van der Waals surface area contributed by atoms with Gasteiger partial charge in [-0.1, -0.05) is 49.2 Å². The number of ether oxygens (including phenoxy) is 1. The molecule has 2 atom stereocenters. The predicted octanol–water partition coefficient (Wildman–Crippen LogP) is 3.95. The lowest BCUT2D eigenvalue weighted by Crippen LogP contribution is -2.47. The average Bonchev–Trinajstić information content (AvgIpc) is 3.15. The fourth-order valence-electron chi connectivity index (χ4n) is 4.70. The van der Waals surface area contributed by atoms with Gasteiger partial charge in [-0.05, 0) is 62.5 Å². The molecule has 31 heavy (non-hydrogen) atoms. The van der Waals surface area contributed by atoms with Gasteiger partial charge in [0, 0.05) is 12.1 Å². The maximum Gasteiger partial charge on any atom is 0.240 e. The van der Waals surface area contributed by atoms with Crippen molar-refractivity contribution in [3.05, 3.63) is 65.2 Å². The van der Waals surface area contributed by atoms with Crippen molar-refractivity contribution < 1.29 is 14.6 Å². The van der Waals surface area contributed by atoms with Gasteiger partial charge in [0.15, 0.2) is 0 Å². The lowest BCUT2D eigenvalue weighted by atomic mass is 9.99. The van der Waals surface area contributed by atoms with Crippen molar-refractivity contribution >= 4 is 5.91 Å².